The zero-order valence-electron chi connectivity index (χ0n) is 15.9. The highest BCUT2D eigenvalue weighted by Crippen LogP contribution is 2.03. The molecule has 25 heavy (non-hydrogen) atoms. The summed E-state index contributed by atoms with van der Waals surface area (Å²) in [5.74, 6) is -0.0911. The van der Waals surface area contributed by atoms with Crippen molar-refractivity contribution in [3.63, 3.8) is 0 Å². The van der Waals surface area contributed by atoms with Gasteiger partial charge in [-0.3, -0.25) is 9.78 Å². The molecule has 2 unspecified atom stereocenters. The molecule has 1 heterocycles. The lowest BCUT2D eigenvalue weighted by atomic mass is 10.1. The molecule has 3 amide bonds. The summed E-state index contributed by atoms with van der Waals surface area (Å²) in [5, 5.41) is 8.80. The van der Waals surface area contributed by atoms with Gasteiger partial charge in [-0.15, -0.1) is 0 Å². The van der Waals surface area contributed by atoms with Crippen molar-refractivity contribution in [2.45, 2.75) is 71.9 Å². The van der Waals surface area contributed by atoms with Crippen LogP contribution in [-0.2, 0) is 0 Å². The van der Waals surface area contributed by atoms with E-state index < -0.39 is 0 Å². The van der Waals surface area contributed by atoms with Gasteiger partial charge in [-0.1, -0.05) is 13.3 Å². The average Bonchev–Trinajstić information content (AvgIpc) is 2.54. The Bertz CT molecular complexity index is 548. The van der Waals surface area contributed by atoms with Crippen molar-refractivity contribution < 1.29 is 9.59 Å². The summed E-state index contributed by atoms with van der Waals surface area (Å²) in [7, 11) is 0. The van der Waals surface area contributed by atoms with Crippen LogP contribution in [0.1, 0.15) is 68.8 Å². The van der Waals surface area contributed by atoms with Gasteiger partial charge in [-0.05, 0) is 58.1 Å². The summed E-state index contributed by atoms with van der Waals surface area (Å²) in [5.41, 5.74) is 1.56. The molecule has 0 aromatic carbocycles. The van der Waals surface area contributed by atoms with Gasteiger partial charge in [0.15, 0.2) is 0 Å². The Morgan fingerprint density at radius 1 is 1.08 bits per heavy atom. The molecular weight excluding hydrogens is 316 g/mol. The van der Waals surface area contributed by atoms with Gasteiger partial charge in [-0.2, -0.15) is 0 Å². The molecule has 0 aliphatic carbocycles. The third-order valence-corrected chi connectivity index (χ3v) is 3.96. The first kappa shape index (κ1) is 20.9. The van der Waals surface area contributed by atoms with Crippen LogP contribution in [0.5, 0.6) is 0 Å². The summed E-state index contributed by atoms with van der Waals surface area (Å²) in [6.07, 6.45) is 8.05. The molecule has 1 rings (SSSR count). The third-order valence-electron chi connectivity index (χ3n) is 3.96. The molecule has 0 radical (unpaired) electrons. The number of carbonyl (C=O) groups is 2. The molecule has 0 saturated heterocycles. The van der Waals surface area contributed by atoms with Crippen molar-refractivity contribution in [3.8, 4) is 0 Å². The van der Waals surface area contributed by atoms with Gasteiger partial charge in [0.1, 0.15) is 0 Å². The SMILES string of the molecule is CCCC(C)NC(=O)NC(C)CCCCNC(=O)c1cncc(C)c1. The number of urea groups is 1. The standard InChI is InChI=1S/C19H32N4O2/c1-5-8-15(3)22-19(25)23-16(4)9-6-7-10-21-18(24)17-11-14(2)12-20-13-17/h11-13,15-16H,5-10H2,1-4H3,(H,21,24)(H2,22,23,25). The lowest BCUT2D eigenvalue weighted by Crippen LogP contribution is -2.44. The quantitative estimate of drug-likeness (QED) is 0.568. The van der Waals surface area contributed by atoms with Gasteiger partial charge in [0.2, 0.25) is 0 Å². The van der Waals surface area contributed by atoms with Gasteiger partial charge < -0.3 is 16.0 Å². The Morgan fingerprint density at radius 3 is 2.40 bits per heavy atom. The van der Waals surface area contributed by atoms with E-state index in [1.165, 1.54) is 0 Å². The van der Waals surface area contributed by atoms with Crippen molar-refractivity contribution in [1.82, 2.24) is 20.9 Å². The molecule has 0 saturated carbocycles. The van der Waals surface area contributed by atoms with E-state index in [1.807, 2.05) is 26.8 Å². The Balaban J connectivity index is 2.14. The number of pyridine rings is 1. The highest BCUT2D eigenvalue weighted by Gasteiger charge is 2.10. The van der Waals surface area contributed by atoms with Crippen molar-refractivity contribution >= 4 is 11.9 Å². The minimum atomic E-state index is -0.103. The maximum absolute atomic E-state index is 12.0. The number of unbranched alkanes of at least 4 members (excludes halogenated alkanes) is 1. The van der Waals surface area contributed by atoms with E-state index in [-0.39, 0.29) is 24.0 Å². The van der Waals surface area contributed by atoms with Crippen LogP contribution in [0.15, 0.2) is 18.5 Å². The molecule has 6 heteroatoms. The average molecular weight is 348 g/mol. The maximum Gasteiger partial charge on any atom is 0.315 e. The zero-order valence-corrected chi connectivity index (χ0v) is 15.9. The summed E-state index contributed by atoms with van der Waals surface area (Å²) < 4.78 is 0. The molecule has 0 bridgehead atoms. The lowest BCUT2D eigenvalue weighted by Gasteiger charge is -2.17. The van der Waals surface area contributed by atoms with Crippen LogP contribution in [0.25, 0.3) is 0 Å². The van der Waals surface area contributed by atoms with Crippen molar-refractivity contribution in [3.05, 3.63) is 29.6 Å². The first-order valence-corrected chi connectivity index (χ1v) is 9.19. The molecule has 1 aromatic rings. The van der Waals surface area contributed by atoms with Gasteiger partial charge >= 0.3 is 6.03 Å². The van der Waals surface area contributed by atoms with Gasteiger partial charge in [0, 0.05) is 31.0 Å². The Morgan fingerprint density at radius 2 is 1.76 bits per heavy atom. The van der Waals surface area contributed by atoms with Crippen LogP contribution >= 0.6 is 0 Å². The van der Waals surface area contributed by atoms with Crippen LogP contribution in [0, 0.1) is 6.92 Å². The number of hydrogen-bond donors (Lipinski definition) is 3. The largest absolute Gasteiger partial charge is 0.352 e. The molecule has 140 valence electrons. The van der Waals surface area contributed by atoms with Gasteiger partial charge in [0.25, 0.3) is 5.91 Å². The number of nitrogens with one attached hydrogen (secondary N) is 3. The second kappa shape index (κ2) is 11.4. The summed E-state index contributed by atoms with van der Waals surface area (Å²) in [6, 6.07) is 2.04. The molecule has 0 spiro atoms. The third kappa shape index (κ3) is 9.08. The number of carbonyl (C=O) groups excluding carboxylic acids is 2. The van der Waals surface area contributed by atoms with E-state index in [0.717, 1.165) is 37.7 Å². The Kier molecular flexibility index (Phi) is 9.58. The zero-order chi connectivity index (χ0) is 18.7. The van der Waals surface area contributed by atoms with Crippen LogP contribution in [-0.4, -0.2) is 35.6 Å². The number of nitrogens with zero attached hydrogens (tertiary/aromatic N) is 1. The molecular formula is C19H32N4O2. The predicted octanol–water partition coefficient (Wildman–Crippen LogP) is 3.17. The van der Waals surface area contributed by atoms with E-state index in [4.69, 9.17) is 0 Å². The fourth-order valence-corrected chi connectivity index (χ4v) is 2.63. The number of amides is 3. The van der Waals surface area contributed by atoms with E-state index in [2.05, 4.69) is 27.9 Å². The van der Waals surface area contributed by atoms with Crippen LogP contribution in [0.4, 0.5) is 4.79 Å². The van der Waals surface area contributed by atoms with Crippen LogP contribution in [0.2, 0.25) is 0 Å². The number of aryl methyl sites for hydroxylation is 1. The summed E-state index contributed by atoms with van der Waals surface area (Å²) in [4.78, 5) is 27.8. The number of hydrogen-bond acceptors (Lipinski definition) is 3. The predicted molar refractivity (Wildman–Crippen MR) is 101 cm³/mol. The first-order chi connectivity index (χ1) is 11.9. The number of rotatable bonds is 10. The van der Waals surface area contributed by atoms with E-state index >= 15 is 0 Å². The van der Waals surface area contributed by atoms with Gasteiger partial charge in [-0.25, -0.2) is 4.79 Å². The highest BCUT2D eigenvalue weighted by atomic mass is 16.2. The smallest absolute Gasteiger partial charge is 0.315 e. The molecule has 6 nitrogen and oxygen atoms in total. The molecule has 0 aliphatic rings. The Labute approximate surface area is 151 Å². The van der Waals surface area contributed by atoms with Crippen molar-refractivity contribution in [2.75, 3.05) is 6.54 Å². The first-order valence-electron chi connectivity index (χ1n) is 9.19. The molecule has 0 fully saturated rings. The van der Waals surface area contributed by atoms with Gasteiger partial charge in [0.05, 0.1) is 5.56 Å². The number of aromatic nitrogens is 1. The Hall–Kier alpha value is -2.11. The normalized spacial score (nSPS) is 13.0. The molecule has 1 aromatic heterocycles. The fourth-order valence-electron chi connectivity index (χ4n) is 2.63. The minimum Gasteiger partial charge on any atom is -0.352 e. The fraction of sp³-hybridized carbons (Fsp3) is 0.632. The van der Waals surface area contributed by atoms with E-state index in [9.17, 15) is 9.59 Å². The second-order valence-electron chi connectivity index (χ2n) is 6.71. The highest BCUT2D eigenvalue weighted by molar-refractivity contribution is 5.93. The van der Waals surface area contributed by atoms with Crippen LogP contribution < -0.4 is 16.0 Å². The monoisotopic (exact) mass is 348 g/mol. The van der Waals surface area contributed by atoms with Crippen molar-refractivity contribution in [1.29, 1.82) is 0 Å². The minimum absolute atomic E-state index is 0.0911. The topological polar surface area (TPSA) is 83.1 Å². The lowest BCUT2D eigenvalue weighted by molar-refractivity contribution is 0.0952. The molecule has 0 aliphatic heterocycles. The molecule has 3 N–H and O–H groups in total. The summed E-state index contributed by atoms with van der Waals surface area (Å²) >= 11 is 0. The van der Waals surface area contributed by atoms with Crippen LogP contribution in [0.3, 0.4) is 0 Å². The van der Waals surface area contributed by atoms with Crippen molar-refractivity contribution in [2.24, 2.45) is 0 Å². The maximum atomic E-state index is 12.0. The second-order valence-corrected chi connectivity index (χ2v) is 6.71. The van der Waals surface area contributed by atoms with E-state index in [0.29, 0.717) is 12.1 Å². The summed E-state index contributed by atoms with van der Waals surface area (Å²) in [6.45, 7) is 8.66. The van der Waals surface area contributed by atoms with E-state index in [1.54, 1.807) is 12.4 Å². The molecule has 2 atom stereocenters.